The minimum absolute atomic E-state index is 0.409. The summed E-state index contributed by atoms with van der Waals surface area (Å²) in [6, 6.07) is 1.09. The van der Waals surface area contributed by atoms with Crippen molar-refractivity contribution < 1.29 is 26.7 Å². The zero-order valence-electron chi connectivity index (χ0n) is 10.7. The number of anilines is 1. The summed E-state index contributed by atoms with van der Waals surface area (Å²) >= 11 is 0. The number of halogens is 3. The van der Waals surface area contributed by atoms with E-state index in [1.165, 1.54) is 0 Å². The van der Waals surface area contributed by atoms with E-state index in [1.54, 1.807) is 0 Å². The molecule has 1 amide bonds. The van der Waals surface area contributed by atoms with Crippen LogP contribution < -0.4 is 5.32 Å². The molecule has 9 heteroatoms. The number of amides is 1. The van der Waals surface area contributed by atoms with Crippen molar-refractivity contribution in [2.75, 3.05) is 11.9 Å². The molecule has 0 spiro atoms. The van der Waals surface area contributed by atoms with Crippen LogP contribution >= 0.6 is 10.7 Å². The average molecular weight is 340 g/mol. The molecule has 0 saturated carbocycles. The lowest BCUT2D eigenvalue weighted by atomic mass is 10.1. The van der Waals surface area contributed by atoms with E-state index in [-0.39, 0.29) is 0 Å². The molecule has 1 unspecified atom stereocenters. The van der Waals surface area contributed by atoms with Gasteiger partial charge in [0.15, 0.2) is 11.6 Å². The van der Waals surface area contributed by atoms with Crippen LogP contribution in [0.2, 0.25) is 0 Å². The van der Waals surface area contributed by atoms with Crippen LogP contribution in [0.1, 0.15) is 19.3 Å². The predicted molar refractivity (Wildman–Crippen MR) is 71.6 cm³/mol. The monoisotopic (exact) mass is 339 g/mol. The van der Waals surface area contributed by atoms with Gasteiger partial charge in [0.25, 0.3) is 15.0 Å². The number of nitrogens with one attached hydrogen (secondary N) is 1. The molecule has 1 fully saturated rings. The Morgan fingerprint density at radius 3 is 2.38 bits per heavy atom. The SMILES string of the molecule is O=C(Nc1c(F)cc(S(=O)(=O)Cl)cc1F)C1CCCCO1. The van der Waals surface area contributed by atoms with E-state index in [0.29, 0.717) is 25.2 Å². The van der Waals surface area contributed by atoms with Crippen molar-refractivity contribution in [1.29, 1.82) is 0 Å². The van der Waals surface area contributed by atoms with Crippen molar-refractivity contribution >= 4 is 31.3 Å². The average Bonchev–Trinajstić information content (AvgIpc) is 2.42. The molecule has 0 aromatic heterocycles. The summed E-state index contributed by atoms with van der Waals surface area (Å²) < 4.78 is 54.8. The molecule has 1 aliphatic rings. The van der Waals surface area contributed by atoms with Gasteiger partial charge in [-0.1, -0.05) is 0 Å². The van der Waals surface area contributed by atoms with Crippen molar-refractivity contribution in [3.8, 4) is 0 Å². The van der Waals surface area contributed by atoms with Gasteiger partial charge < -0.3 is 10.1 Å². The van der Waals surface area contributed by atoms with Gasteiger partial charge in [-0.15, -0.1) is 0 Å². The maximum atomic E-state index is 13.8. The van der Waals surface area contributed by atoms with E-state index in [9.17, 15) is 22.0 Å². The molecule has 1 aromatic rings. The quantitative estimate of drug-likeness (QED) is 0.858. The molecule has 1 aliphatic heterocycles. The molecule has 0 radical (unpaired) electrons. The Kier molecular flexibility index (Phi) is 4.80. The molecule has 1 saturated heterocycles. The maximum absolute atomic E-state index is 13.8. The molecule has 1 N–H and O–H groups in total. The van der Waals surface area contributed by atoms with Crippen molar-refractivity contribution in [1.82, 2.24) is 0 Å². The Morgan fingerprint density at radius 1 is 1.29 bits per heavy atom. The number of rotatable bonds is 3. The van der Waals surface area contributed by atoms with Gasteiger partial charge in [0, 0.05) is 17.3 Å². The Balaban J connectivity index is 2.22. The zero-order chi connectivity index (χ0) is 15.6. The fraction of sp³-hybridized carbons (Fsp3) is 0.417. The number of benzene rings is 1. The summed E-state index contributed by atoms with van der Waals surface area (Å²) in [6.07, 6.45) is 1.30. The maximum Gasteiger partial charge on any atom is 0.261 e. The molecule has 21 heavy (non-hydrogen) atoms. The van der Waals surface area contributed by atoms with Gasteiger partial charge in [0.05, 0.1) is 4.90 Å². The van der Waals surface area contributed by atoms with Gasteiger partial charge >= 0.3 is 0 Å². The predicted octanol–water partition coefficient (Wildman–Crippen LogP) is 2.40. The van der Waals surface area contributed by atoms with Gasteiger partial charge in [0.1, 0.15) is 11.8 Å². The second kappa shape index (κ2) is 6.25. The van der Waals surface area contributed by atoms with E-state index in [1.807, 2.05) is 0 Å². The molecule has 2 rings (SSSR count). The second-order valence-corrected chi connectivity index (χ2v) is 7.11. The Bertz CT molecular complexity index is 636. The smallest absolute Gasteiger partial charge is 0.261 e. The summed E-state index contributed by atoms with van der Waals surface area (Å²) in [6.45, 7) is 0.409. The fourth-order valence-electron chi connectivity index (χ4n) is 1.96. The minimum Gasteiger partial charge on any atom is -0.368 e. The fourth-order valence-corrected chi connectivity index (χ4v) is 2.72. The first kappa shape index (κ1) is 16.1. The van der Waals surface area contributed by atoms with Crippen molar-refractivity contribution in [3.05, 3.63) is 23.8 Å². The molecule has 1 heterocycles. The topological polar surface area (TPSA) is 72.5 Å². The van der Waals surface area contributed by atoms with Crippen LogP contribution in [0.3, 0.4) is 0 Å². The summed E-state index contributed by atoms with van der Waals surface area (Å²) in [5.74, 6) is -3.12. The zero-order valence-corrected chi connectivity index (χ0v) is 12.3. The van der Waals surface area contributed by atoms with Gasteiger partial charge in [-0.2, -0.15) is 0 Å². The molecular weight excluding hydrogens is 328 g/mol. The van der Waals surface area contributed by atoms with Crippen molar-refractivity contribution in [3.63, 3.8) is 0 Å². The summed E-state index contributed by atoms with van der Waals surface area (Å²) in [4.78, 5) is 11.1. The first-order valence-electron chi connectivity index (χ1n) is 6.15. The lowest BCUT2D eigenvalue weighted by molar-refractivity contribution is -0.130. The minimum atomic E-state index is -4.26. The third-order valence-corrected chi connectivity index (χ3v) is 4.35. The van der Waals surface area contributed by atoms with Gasteiger partial charge in [-0.25, -0.2) is 17.2 Å². The highest BCUT2D eigenvalue weighted by Crippen LogP contribution is 2.26. The molecule has 0 aliphatic carbocycles. The molecule has 1 aromatic carbocycles. The Labute approximate surface area is 124 Å². The number of carbonyl (C=O) groups is 1. The van der Waals surface area contributed by atoms with Gasteiger partial charge in [-0.05, 0) is 31.4 Å². The van der Waals surface area contributed by atoms with E-state index < -0.39 is 43.3 Å². The number of hydrogen-bond acceptors (Lipinski definition) is 4. The molecule has 116 valence electrons. The Morgan fingerprint density at radius 2 is 1.90 bits per heavy atom. The molecule has 1 atom stereocenters. The van der Waals surface area contributed by atoms with Crippen LogP contribution in [-0.2, 0) is 18.6 Å². The molecular formula is C12H12ClF2NO4S. The van der Waals surface area contributed by atoms with Crippen LogP contribution in [0.4, 0.5) is 14.5 Å². The lowest BCUT2D eigenvalue weighted by Crippen LogP contribution is -2.33. The van der Waals surface area contributed by atoms with E-state index in [2.05, 4.69) is 5.32 Å². The summed E-state index contributed by atoms with van der Waals surface area (Å²) in [5, 5.41) is 2.08. The number of carbonyl (C=O) groups excluding carboxylic acids is 1. The van der Waals surface area contributed by atoms with E-state index in [0.717, 1.165) is 12.8 Å². The second-order valence-electron chi connectivity index (χ2n) is 4.54. The molecule has 5 nitrogen and oxygen atoms in total. The first-order chi connectivity index (χ1) is 9.79. The van der Waals surface area contributed by atoms with Crippen LogP contribution in [0.25, 0.3) is 0 Å². The highest BCUT2D eigenvalue weighted by molar-refractivity contribution is 8.13. The van der Waals surface area contributed by atoms with Gasteiger partial charge in [0.2, 0.25) is 0 Å². The number of ether oxygens (including phenoxy) is 1. The standard InChI is InChI=1S/C12H12ClF2NO4S/c13-21(18,19)7-5-8(14)11(9(15)6-7)16-12(17)10-3-1-2-4-20-10/h5-6,10H,1-4H2,(H,16,17). The number of hydrogen-bond donors (Lipinski definition) is 1. The Hall–Kier alpha value is -1.25. The third-order valence-electron chi connectivity index (χ3n) is 3.02. The molecule has 0 bridgehead atoms. The summed E-state index contributed by atoms with van der Waals surface area (Å²) in [7, 11) is 0.755. The van der Waals surface area contributed by atoms with E-state index in [4.69, 9.17) is 15.4 Å². The van der Waals surface area contributed by atoms with Gasteiger partial charge in [-0.3, -0.25) is 4.79 Å². The van der Waals surface area contributed by atoms with Crippen LogP contribution in [0.5, 0.6) is 0 Å². The largest absolute Gasteiger partial charge is 0.368 e. The normalized spacial score (nSPS) is 19.3. The van der Waals surface area contributed by atoms with Crippen LogP contribution in [0.15, 0.2) is 17.0 Å². The van der Waals surface area contributed by atoms with Crippen LogP contribution in [0, 0.1) is 11.6 Å². The van der Waals surface area contributed by atoms with Crippen molar-refractivity contribution in [2.24, 2.45) is 0 Å². The third kappa shape index (κ3) is 3.90. The van der Waals surface area contributed by atoms with Crippen molar-refractivity contribution in [2.45, 2.75) is 30.3 Å². The highest BCUT2D eigenvalue weighted by Gasteiger charge is 2.25. The van der Waals surface area contributed by atoms with Crippen LogP contribution in [-0.4, -0.2) is 27.0 Å². The highest BCUT2D eigenvalue weighted by atomic mass is 35.7. The summed E-state index contributed by atoms with van der Waals surface area (Å²) in [5.41, 5.74) is -0.724. The first-order valence-corrected chi connectivity index (χ1v) is 8.46. The van der Waals surface area contributed by atoms with E-state index >= 15 is 0 Å². The lowest BCUT2D eigenvalue weighted by Gasteiger charge is -2.21.